The van der Waals surface area contributed by atoms with E-state index < -0.39 is 0 Å². The van der Waals surface area contributed by atoms with Gasteiger partial charge in [-0.15, -0.1) is 0 Å². The summed E-state index contributed by atoms with van der Waals surface area (Å²) in [6.45, 7) is 0. The van der Waals surface area contributed by atoms with Crippen molar-refractivity contribution in [2.45, 2.75) is 38.2 Å². The second-order valence-corrected chi connectivity index (χ2v) is 7.79. The number of nitrogens with one attached hydrogen (secondary N) is 3. The molecule has 3 N–H and O–H groups in total. The molecule has 3 heterocycles. The zero-order valence-electron chi connectivity index (χ0n) is 16.7. The number of imidazole rings is 1. The average molecular weight is 405 g/mol. The first-order valence-electron chi connectivity index (χ1n) is 10.2. The molecule has 0 saturated heterocycles. The predicted octanol–water partition coefficient (Wildman–Crippen LogP) is 2.85. The van der Waals surface area contributed by atoms with Crippen LogP contribution in [0.15, 0.2) is 35.4 Å². The summed E-state index contributed by atoms with van der Waals surface area (Å²) in [5, 5.41) is 6.77. The van der Waals surface area contributed by atoms with E-state index in [2.05, 4.69) is 25.1 Å². The monoisotopic (exact) mass is 405 g/mol. The molecule has 1 aliphatic rings. The molecule has 4 aromatic rings. The van der Waals surface area contributed by atoms with Crippen molar-refractivity contribution in [3.05, 3.63) is 46.8 Å². The standard InChI is InChI=1S/C21H23N7O2/c1-30-15-8-2-12(3-9-15)10-16-17(25-20-19(24-16)26-21(29)27-20)13-4-6-14(7-5-13)18-22-11-23-28-18/h4-7,11-12,15H,2-3,8-10H2,1H3,(H,22,23,28)(H2,24,25,26,27,29). The molecule has 1 aromatic carbocycles. The van der Waals surface area contributed by atoms with Crippen molar-refractivity contribution >= 4 is 11.3 Å². The van der Waals surface area contributed by atoms with E-state index in [0.29, 0.717) is 29.1 Å². The molecule has 0 amide bonds. The number of hydrogen-bond acceptors (Lipinski definition) is 6. The van der Waals surface area contributed by atoms with E-state index in [1.807, 2.05) is 24.3 Å². The topological polar surface area (TPSA) is 125 Å². The van der Waals surface area contributed by atoms with Crippen LogP contribution < -0.4 is 5.69 Å². The van der Waals surface area contributed by atoms with Gasteiger partial charge >= 0.3 is 5.69 Å². The summed E-state index contributed by atoms with van der Waals surface area (Å²) >= 11 is 0. The Balaban J connectivity index is 1.49. The minimum atomic E-state index is -0.297. The molecule has 0 bridgehead atoms. The fourth-order valence-corrected chi connectivity index (χ4v) is 4.24. The van der Waals surface area contributed by atoms with Crippen LogP contribution in [0.5, 0.6) is 0 Å². The van der Waals surface area contributed by atoms with Crippen LogP contribution in [0.2, 0.25) is 0 Å². The largest absolute Gasteiger partial charge is 0.381 e. The molecule has 0 atom stereocenters. The van der Waals surface area contributed by atoms with Gasteiger partial charge in [-0.3, -0.25) is 15.1 Å². The number of fused-ring (bicyclic) bond motifs is 1. The molecule has 9 heteroatoms. The van der Waals surface area contributed by atoms with E-state index >= 15 is 0 Å². The highest BCUT2D eigenvalue weighted by Crippen LogP contribution is 2.32. The normalized spacial score (nSPS) is 19.4. The molecule has 1 saturated carbocycles. The Morgan fingerprint density at radius 3 is 2.37 bits per heavy atom. The summed E-state index contributed by atoms with van der Waals surface area (Å²) < 4.78 is 5.50. The Morgan fingerprint density at radius 1 is 1.00 bits per heavy atom. The van der Waals surface area contributed by atoms with Crippen LogP contribution in [-0.4, -0.2) is 48.3 Å². The second kappa shape index (κ2) is 7.83. The lowest BCUT2D eigenvalue weighted by atomic mass is 9.84. The summed E-state index contributed by atoms with van der Waals surface area (Å²) in [5.74, 6) is 1.24. The number of aromatic amines is 3. The van der Waals surface area contributed by atoms with Crippen molar-refractivity contribution < 1.29 is 4.74 Å². The van der Waals surface area contributed by atoms with Crippen molar-refractivity contribution in [3.63, 3.8) is 0 Å². The van der Waals surface area contributed by atoms with Crippen LogP contribution in [0.1, 0.15) is 31.4 Å². The zero-order chi connectivity index (χ0) is 20.5. The highest BCUT2D eigenvalue weighted by molar-refractivity contribution is 5.73. The van der Waals surface area contributed by atoms with E-state index in [4.69, 9.17) is 14.7 Å². The summed E-state index contributed by atoms with van der Waals surface area (Å²) in [4.78, 5) is 30.9. The van der Waals surface area contributed by atoms with Crippen LogP contribution in [0.4, 0.5) is 0 Å². The Bertz CT molecular complexity index is 1190. The van der Waals surface area contributed by atoms with E-state index in [1.54, 1.807) is 7.11 Å². The second-order valence-electron chi connectivity index (χ2n) is 7.79. The van der Waals surface area contributed by atoms with Crippen molar-refractivity contribution in [3.8, 4) is 22.6 Å². The summed E-state index contributed by atoms with van der Waals surface area (Å²) in [5.41, 5.74) is 4.29. The molecule has 1 aliphatic carbocycles. The van der Waals surface area contributed by atoms with Gasteiger partial charge in [-0.1, -0.05) is 24.3 Å². The van der Waals surface area contributed by atoms with Crippen LogP contribution in [-0.2, 0) is 11.2 Å². The predicted molar refractivity (Wildman–Crippen MR) is 112 cm³/mol. The minimum absolute atomic E-state index is 0.297. The van der Waals surface area contributed by atoms with Crippen molar-refractivity contribution in [2.24, 2.45) is 5.92 Å². The van der Waals surface area contributed by atoms with Gasteiger partial charge in [0, 0.05) is 18.2 Å². The molecule has 5 rings (SSSR count). The van der Waals surface area contributed by atoms with E-state index in [1.165, 1.54) is 6.33 Å². The molecule has 9 nitrogen and oxygen atoms in total. The Hall–Kier alpha value is -3.33. The highest BCUT2D eigenvalue weighted by atomic mass is 16.5. The molecule has 0 spiro atoms. The van der Waals surface area contributed by atoms with Gasteiger partial charge in [0.2, 0.25) is 0 Å². The lowest BCUT2D eigenvalue weighted by Crippen LogP contribution is -2.22. The summed E-state index contributed by atoms with van der Waals surface area (Å²) in [6.07, 6.45) is 7.02. The van der Waals surface area contributed by atoms with Crippen molar-refractivity contribution in [1.29, 1.82) is 0 Å². The Morgan fingerprint density at radius 2 is 1.70 bits per heavy atom. The molecule has 30 heavy (non-hydrogen) atoms. The molecular formula is C21H23N7O2. The maximum Gasteiger partial charge on any atom is 0.326 e. The van der Waals surface area contributed by atoms with E-state index in [0.717, 1.165) is 54.6 Å². The van der Waals surface area contributed by atoms with Crippen molar-refractivity contribution in [2.75, 3.05) is 7.11 Å². The Kier molecular flexibility index (Phi) is 4.88. The van der Waals surface area contributed by atoms with Gasteiger partial charge in [0.25, 0.3) is 0 Å². The minimum Gasteiger partial charge on any atom is -0.381 e. The third-order valence-electron chi connectivity index (χ3n) is 5.89. The van der Waals surface area contributed by atoms with Crippen LogP contribution in [0.3, 0.4) is 0 Å². The lowest BCUT2D eigenvalue weighted by Gasteiger charge is -2.27. The number of rotatable bonds is 5. The lowest BCUT2D eigenvalue weighted by molar-refractivity contribution is 0.0567. The number of methoxy groups -OCH3 is 1. The summed E-state index contributed by atoms with van der Waals surface area (Å²) in [7, 11) is 1.78. The fraction of sp³-hybridized carbons (Fsp3) is 0.381. The van der Waals surface area contributed by atoms with E-state index in [-0.39, 0.29) is 5.69 Å². The SMILES string of the molecule is COC1CCC(Cc2nc3[nH]c(=O)[nH]c3nc2-c2ccc(-c3ncn[nH]3)cc2)CC1. The quantitative estimate of drug-likeness (QED) is 0.469. The number of benzene rings is 1. The molecular weight excluding hydrogens is 382 g/mol. The highest BCUT2D eigenvalue weighted by Gasteiger charge is 2.24. The molecule has 0 radical (unpaired) electrons. The third-order valence-corrected chi connectivity index (χ3v) is 5.89. The molecule has 3 aromatic heterocycles. The van der Waals surface area contributed by atoms with Gasteiger partial charge in [-0.25, -0.2) is 19.7 Å². The van der Waals surface area contributed by atoms with Gasteiger partial charge in [-0.2, -0.15) is 5.10 Å². The van der Waals surface area contributed by atoms with Gasteiger partial charge in [0.05, 0.1) is 17.5 Å². The van der Waals surface area contributed by atoms with Crippen LogP contribution in [0.25, 0.3) is 33.9 Å². The van der Waals surface area contributed by atoms with Crippen LogP contribution >= 0.6 is 0 Å². The maximum absolute atomic E-state index is 11.8. The molecule has 154 valence electrons. The zero-order valence-corrected chi connectivity index (χ0v) is 16.7. The summed E-state index contributed by atoms with van der Waals surface area (Å²) in [6, 6.07) is 7.97. The van der Waals surface area contributed by atoms with Gasteiger partial charge in [-0.05, 0) is 38.0 Å². The number of hydrogen-bond donors (Lipinski definition) is 3. The first-order chi connectivity index (χ1) is 14.7. The maximum atomic E-state index is 11.8. The number of ether oxygens (including phenoxy) is 1. The first kappa shape index (κ1) is 18.7. The molecule has 0 aliphatic heterocycles. The van der Waals surface area contributed by atoms with Gasteiger partial charge < -0.3 is 4.74 Å². The number of H-pyrrole nitrogens is 3. The van der Waals surface area contributed by atoms with Crippen molar-refractivity contribution in [1.82, 2.24) is 35.1 Å². The van der Waals surface area contributed by atoms with Gasteiger partial charge in [0.1, 0.15) is 6.33 Å². The third kappa shape index (κ3) is 3.63. The van der Waals surface area contributed by atoms with Crippen LogP contribution in [0, 0.1) is 5.92 Å². The molecule has 1 fully saturated rings. The number of aromatic nitrogens is 7. The molecule has 0 unspecified atom stereocenters. The Labute approximate surface area is 172 Å². The first-order valence-corrected chi connectivity index (χ1v) is 10.2. The van der Waals surface area contributed by atoms with Gasteiger partial charge in [0.15, 0.2) is 17.1 Å². The van der Waals surface area contributed by atoms with E-state index in [9.17, 15) is 4.79 Å². The fourth-order valence-electron chi connectivity index (χ4n) is 4.24. The average Bonchev–Trinajstić information content (AvgIpc) is 3.43. The smallest absolute Gasteiger partial charge is 0.326 e. The number of nitrogens with zero attached hydrogens (tertiary/aromatic N) is 4.